The quantitative estimate of drug-likeness (QED) is 0.498. The van der Waals surface area contributed by atoms with Crippen molar-refractivity contribution in [1.82, 2.24) is 15.1 Å². The maximum Gasteiger partial charge on any atom is 0.417 e. The van der Waals surface area contributed by atoms with Crippen LogP contribution in [0.5, 0.6) is 0 Å². The number of alkyl halides is 3. The smallest absolute Gasteiger partial charge is 0.417 e. The zero-order chi connectivity index (χ0) is 24.4. The number of rotatable bonds is 5. The second-order valence-corrected chi connectivity index (χ2v) is 7.39. The van der Waals surface area contributed by atoms with Crippen LogP contribution in [-0.4, -0.2) is 59.2 Å². The van der Waals surface area contributed by atoms with Crippen molar-refractivity contribution in [1.29, 1.82) is 0 Å². The molecule has 2 N–H and O–H groups in total. The molecule has 0 radical (unpaired) electrons. The molecule has 33 heavy (non-hydrogen) atoms. The van der Waals surface area contributed by atoms with E-state index >= 15 is 0 Å². The molecule has 0 spiro atoms. The van der Waals surface area contributed by atoms with E-state index in [4.69, 9.17) is 17.3 Å². The third-order valence-electron chi connectivity index (χ3n) is 4.74. The molecule has 0 saturated carbocycles. The normalized spacial score (nSPS) is 13.7. The van der Waals surface area contributed by atoms with Gasteiger partial charge in [0.2, 0.25) is 0 Å². The summed E-state index contributed by atoms with van der Waals surface area (Å²) >= 11 is 4.85. The first-order valence-electron chi connectivity index (χ1n) is 10.3. The minimum atomic E-state index is -4.56. The third kappa shape index (κ3) is 8.08. The summed E-state index contributed by atoms with van der Waals surface area (Å²) in [6.07, 6.45) is -2.66. The number of aromatic nitrogens is 2. The number of benzene rings is 1. The number of unbranched alkanes of at least 4 members (excludes halogenated alkanes) is 1. The average molecular weight is 488 g/mol. The maximum absolute atomic E-state index is 13.1. The number of halogens is 4. The van der Waals surface area contributed by atoms with Crippen LogP contribution in [0.4, 0.5) is 29.6 Å². The fourth-order valence-corrected chi connectivity index (χ4v) is 3.10. The molecule has 0 aliphatic carbocycles. The van der Waals surface area contributed by atoms with E-state index in [-0.39, 0.29) is 5.56 Å². The van der Waals surface area contributed by atoms with Gasteiger partial charge in [0.05, 0.1) is 17.7 Å². The largest absolute Gasteiger partial charge is 0.454 e. The van der Waals surface area contributed by atoms with Gasteiger partial charge in [0, 0.05) is 37.8 Å². The van der Waals surface area contributed by atoms with Crippen molar-refractivity contribution >= 4 is 34.6 Å². The molecule has 3 rings (SSSR count). The third-order valence-corrected chi connectivity index (χ3v) is 4.85. The van der Waals surface area contributed by atoms with Gasteiger partial charge in [0.15, 0.2) is 5.82 Å². The Labute approximate surface area is 194 Å². The summed E-state index contributed by atoms with van der Waals surface area (Å²) in [5.74, 6) is 0.314. The van der Waals surface area contributed by atoms with Gasteiger partial charge in [-0.05, 0) is 30.7 Å². The predicted molar refractivity (Wildman–Crippen MR) is 118 cm³/mol. The highest BCUT2D eigenvalue weighted by molar-refractivity contribution is 6.61. The first-order valence-corrected chi connectivity index (χ1v) is 10.6. The van der Waals surface area contributed by atoms with E-state index in [0.717, 1.165) is 18.9 Å². The van der Waals surface area contributed by atoms with Crippen LogP contribution >= 0.6 is 11.6 Å². The number of amides is 1. The molecule has 1 aromatic carbocycles. The molecule has 1 amide bonds. The lowest BCUT2D eigenvalue weighted by Crippen LogP contribution is -2.49. The molecule has 1 aromatic heterocycles. The summed E-state index contributed by atoms with van der Waals surface area (Å²) < 4.78 is 43.7. The number of hydrogen-bond acceptors (Lipinski definition) is 7. The van der Waals surface area contributed by atoms with Gasteiger partial charge in [-0.15, -0.1) is 10.2 Å². The average Bonchev–Trinajstić information content (AvgIpc) is 2.79. The van der Waals surface area contributed by atoms with Gasteiger partial charge >= 0.3 is 11.6 Å². The first kappa shape index (κ1) is 26.2. The Bertz CT molecular complexity index is 920. The van der Waals surface area contributed by atoms with Crippen LogP contribution in [0, 0.1) is 0 Å². The second-order valence-electron chi connectivity index (χ2n) is 7.08. The van der Waals surface area contributed by atoms with Gasteiger partial charge in [0.25, 0.3) is 5.91 Å². The van der Waals surface area contributed by atoms with E-state index in [2.05, 4.69) is 14.9 Å². The fourth-order valence-electron chi connectivity index (χ4n) is 3.03. The molecule has 1 aliphatic rings. The monoisotopic (exact) mass is 487 g/mol. The molecular weight excluding hydrogens is 463 g/mol. The summed E-state index contributed by atoms with van der Waals surface area (Å²) in [4.78, 5) is 25.7. The predicted octanol–water partition coefficient (Wildman–Crippen LogP) is 4.20. The van der Waals surface area contributed by atoms with Crippen molar-refractivity contribution in [2.75, 3.05) is 43.4 Å². The van der Waals surface area contributed by atoms with E-state index in [1.165, 1.54) is 23.1 Å². The number of nitrogens with zero attached hydrogens (tertiary/aromatic N) is 4. The molecule has 1 saturated heterocycles. The van der Waals surface area contributed by atoms with E-state index in [1.807, 2.05) is 11.8 Å². The maximum atomic E-state index is 13.1. The highest BCUT2D eigenvalue weighted by atomic mass is 35.5. The van der Waals surface area contributed by atoms with Crippen molar-refractivity contribution in [3.63, 3.8) is 0 Å². The molecule has 0 unspecified atom stereocenters. The molecule has 180 valence electrons. The number of ether oxygens (including phenoxy) is 1. The molecule has 0 atom stereocenters. The van der Waals surface area contributed by atoms with Gasteiger partial charge in [-0.3, -0.25) is 4.79 Å². The lowest BCUT2D eigenvalue weighted by molar-refractivity contribution is -0.138. The summed E-state index contributed by atoms with van der Waals surface area (Å²) in [5, 5.41) is 7.75. The highest BCUT2D eigenvalue weighted by Gasteiger charge is 2.36. The van der Waals surface area contributed by atoms with Gasteiger partial charge in [-0.2, -0.15) is 13.2 Å². The van der Waals surface area contributed by atoms with Gasteiger partial charge in [-0.1, -0.05) is 25.5 Å². The molecule has 1 fully saturated rings. The molecule has 1 aliphatic heterocycles. The van der Waals surface area contributed by atoms with Crippen molar-refractivity contribution in [3.05, 3.63) is 47.5 Å². The number of carbonyl (C=O) groups excluding carboxylic acids is 2. The SMILES string of the molecule is CCCCOC(=O)Cl.Nc1ccc(N2CCN(C(=O)c3ccccc3C(F)(F)F)CC2)nn1. The highest BCUT2D eigenvalue weighted by Crippen LogP contribution is 2.32. The number of anilines is 2. The Balaban J connectivity index is 0.000000414. The Morgan fingerprint density at radius 1 is 1.09 bits per heavy atom. The zero-order valence-corrected chi connectivity index (χ0v) is 18.8. The molecule has 0 bridgehead atoms. The molecule has 2 heterocycles. The minimum absolute atomic E-state index is 0.303. The van der Waals surface area contributed by atoms with Crippen LogP contribution in [-0.2, 0) is 10.9 Å². The summed E-state index contributed by atoms with van der Waals surface area (Å²) in [6.45, 7) is 3.98. The topological polar surface area (TPSA) is 102 Å². The number of hydrogen-bond donors (Lipinski definition) is 1. The van der Waals surface area contributed by atoms with Crippen LogP contribution in [0.2, 0.25) is 0 Å². The minimum Gasteiger partial charge on any atom is -0.454 e. The summed E-state index contributed by atoms with van der Waals surface area (Å²) in [5.41, 5.74) is 3.55. The Hall–Kier alpha value is -3.08. The van der Waals surface area contributed by atoms with Crippen LogP contribution in [0.15, 0.2) is 36.4 Å². The van der Waals surface area contributed by atoms with E-state index in [1.54, 1.807) is 12.1 Å². The summed E-state index contributed by atoms with van der Waals surface area (Å²) in [6, 6.07) is 8.19. The Morgan fingerprint density at radius 3 is 2.30 bits per heavy atom. The molecule has 12 heteroatoms. The lowest BCUT2D eigenvalue weighted by atomic mass is 10.1. The van der Waals surface area contributed by atoms with Crippen molar-refractivity contribution in [2.24, 2.45) is 0 Å². The molecule has 2 aromatic rings. The van der Waals surface area contributed by atoms with E-state index in [0.29, 0.717) is 44.4 Å². The van der Waals surface area contributed by atoms with Gasteiger partial charge < -0.3 is 20.3 Å². The number of carbonyl (C=O) groups is 2. The van der Waals surface area contributed by atoms with E-state index < -0.39 is 23.1 Å². The summed E-state index contributed by atoms with van der Waals surface area (Å²) in [7, 11) is 0. The Morgan fingerprint density at radius 2 is 1.76 bits per heavy atom. The fraction of sp³-hybridized carbons (Fsp3) is 0.429. The van der Waals surface area contributed by atoms with Crippen molar-refractivity contribution in [3.8, 4) is 0 Å². The van der Waals surface area contributed by atoms with Crippen LogP contribution in [0.1, 0.15) is 35.7 Å². The van der Waals surface area contributed by atoms with Gasteiger partial charge in [-0.25, -0.2) is 4.79 Å². The van der Waals surface area contributed by atoms with E-state index in [9.17, 15) is 22.8 Å². The number of piperazine rings is 1. The molecule has 8 nitrogen and oxygen atoms in total. The van der Waals surface area contributed by atoms with Crippen LogP contribution < -0.4 is 10.6 Å². The zero-order valence-electron chi connectivity index (χ0n) is 18.0. The van der Waals surface area contributed by atoms with Crippen molar-refractivity contribution < 1.29 is 27.5 Å². The second kappa shape index (κ2) is 12.2. The van der Waals surface area contributed by atoms with Crippen molar-refractivity contribution in [2.45, 2.75) is 25.9 Å². The first-order chi connectivity index (χ1) is 15.6. The van der Waals surface area contributed by atoms with Gasteiger partial charge in [0.1, 0.15) is 5.82 Å². The number of nitrogen functional groups attached to an aromatic ring is 1. The molecular formula is C21H25ClF3N5O3. The standard InChI is InChI=1S/C16H16F3N5O.C5H9ClO2/c17-16(18,19)12-4-2-1-3-11(12)15(25)24-9-7-23(8-10-24)14-6-5-13(20)21-22-14;1-2-3-4-8-5(6)7/h1-6H,7-10H2,(H2,20,21);2-4H2,1H3. The lowest BCUT2D eigenvalue weighted by Gasteiger charge is -2.35. The van der Waals surface area contributed by atoms with Crippen LogP contribution in [0.3, 0.4) is 0 Å². The van der Waals surface area contributed by atoms with Crippen LogP contribution in [0.25, 0.3) is 0 Å². The Kier molecular flexibility index (Phi) is 9.71. The number of nitrogens with two attached hydrogens (primary N) is 1.